The van der Waals surface area contributed by atoms with Crippen LogP contribution in [0.25, 0.3) is 0 Å². The summed E-state index contributed by atoms with van der Waals surface area (Å²) in [6.45, 7) is 4.49. The van der Waals surface area contributed by atoms with Crippen molar-refractivity contribution in [2.75, 3.05) is 44.7 Å². The molecule has 5 rings (SSSR count). The van der Waals surface area contributed by atoms with Crippen LogP contribution in [0.15, 0.2) is 36.7 Å². The number of piperidine rings is 1. The van der Waals surface area contributed by atoms with E-state index in [0.29, 0.717) is 45.6 Å². The second-order valence-corrected chi connectivity index (χ2v) is 11.4. The Hall–Kier alpha value is -3.24. The van der Waals surface area contributed by atoms with Crippen molar-refractivity contribution >= 4 is 17.8 Å². The molecule has 7 nitrogen and oxygen atoms in total. The van der Waals surface area contributed by atoms with E-state index < -0.39 is 11.7 Å². The van der Waals surface area contributed by atoms with Crippen LogP contribution in [-0.2, 0) is 15.8 Å². The maximum atomic E-state index is 13.6. The fraction of sp³-hybridized carbons (Fsp3) is 0.571. The fourth-order valence-electron chi connectivity index (χ4n) is 5.79. The molecule has 0 bridgehead atoms. The van der Waals surface area contributed by atoms with Gasteiger partial charge in [-0.1, -0.05) is 19.1 Å². The van der Waals surface area contributed by atoms with Crippen LogP contribution in [0, 0.1) is 23.1 Å². The highest BCUT2D eigenvalue weighted by molar-refractivity contribution is 5.85. The smallest absolute Gasteiger partial charge is 0.344 e. The maximum Gasteiger partial charge on any atom is 0.419 e. The SMILES string of the molecule is CN(C[C@@H]1CN(C(=O)C2CCN(C(=O)C3(C)CC3)CC2)C[C@H]1c1ccc(F)cc1)c1ncc(C(F)(F)F)cn1. The maximum absolute atomic E-state index is 13.6. The van der Waals surface area contributed by atoms with E-state index in [4.69, 9.17) is 0 Å². The molecule has 2 atom stereocenters. The number of anilines is 1. The Balaban J connectivity index is 1.27. The van der Waals surface area contributed by atoms with Crippen molar-refractivity contribution in [3.8, 4) is 0 Å². The number of amides is 2. The minimum Gasteiger partial charge on any atom is -0.344 e. The van der Waals surface area contributed by atoms with Gasteiger partial charge in [-0.15, -0.1) is 0 Å². The highest BCUT2D eigenvalue weighted by atomic mass is 19.4. The lowest BCUT2D eigenvalue weighted by atomic mass is 9.88. The molecule has 3 aliphatic rings. The summed E-state index contributed by atoms with van der Waals surface area (Å²) in [5, 5.41) is 0. The number of nitrogens with zero attached hydrogens (tertiary/aromatic N) is 5. The molecule has 3 heterocycles. The molecule has 2 aromatic rings. The molecule has 1 aromatic heterocycles. The molecule has 0 unspecified atom stereocenters. The van der Waals surface area contributed by atoms with E-state index in [2.05, 4.69) is 9.97 Å². The number of carbonyl (C=O) groups excluding carboxylic acids is 2. The average Bonchev–Trinajstić information content (AvgIpc) is 3.54. The first kappa shape index (κ1) is 27.3. The van der Waals surface area contributed by atoms with Crippen molar-refractivity contribution in [3.05, 3.63) is 53.6 Å². The third-order valence-corrected chi connectivity index (χ3v) is 8.51. The summed E-state index contributed by atoms with van der Waals surface area (Å²) in [7, 11) is 1.71. The first-order chi connectivity index (χ1) is 18.4. The van der Waals surface area contributed by atoms with Crippen molar-refractivity contribution in [2.24, 2.45) is 17.3 Å². The molecule has 2 saturated heterocycles. The molecule has 3 fully saturated rings. The minimum atomic E-state index is -4.52. The number of aromatic nitrogens is 2. The first-order valence-corrected chi connectivity index (χ1v) is 13.4. The molecule has 1 saturated carbocycles. The van der Waals surface area contributed by atoms with Crippen LogP contribution in [0.1, 0.15) is 49.7 Å². The molecule has 2 amide bonds. The van der Waals surface area contributed by atoms with Gasteiger partial charge in [0.2, 0.25) is 17.8 Å². The molecule has 1 aromatic carbocycles. The number of likely N-dealkylation sites (tertiary alicyclic amines) is 2. The average molecular weight is 548 g/mol. The lowest BCUT2D eigenvalue weighted by Gasteiger charge is -2.34. The largest absolute Gasteiger partial charge is 0.419 e. The van der Waals surface area contributed by atoms with Crippen molar-refractivity contribution < 1.29 is 27.2 Å². The summed E-state index contributed by atoms with van der Waals surface area (Å²) in [4.78, 5) is 39.5. The van der Waals surface area contributed by atoms with Crippen LogP contribution in [0.5, 0.6) is 0 Å². The molecule has 0 N–H and O–H groups in total. The van der Waals surface area contributed by atoms with E-state index in [9.17, 15) is 27.2 Å². The van der Waals surface area contributed by atoms with Gasteiger partial charge in [0.1, 0.15) is 5.82 Å². The normalized spacial score (nSPS) is 23.1. The van der Waals surface area contributed by atoms with Gasteiger partial charge in [-0.05, 0) is 43.4 Å². The second kappa shape index (κ2) is 10.4. The fourth-order valence-corrected chi connectivity index (χ4v) is 5.79. The van der Waals surface area contributed by atoms with Crippen LogP contribution < -0.4 is 4.90 Å². The van der Waals surface area contributed by atoms with Crippen LogP contribution in [-0.4, -0.2) is 71.4 Å². The number of alkyl halides is 3. The van der Waals surface area contributed by atoms with Gasteiger partial charge >= 0.3 is 6.18 Å². The van der Waals surface area contributed by atoms with Crippen LogP contribution in [0.2, 0.25) is 0 Å². The van der Waals surface area contributed by atoms with E-state index in [1.807, 2.05) is 16.7 Å². The molecule has 39 heavy (non-hydrogen) atoms. The Kier molecular flexibility index (Phi) is 7.28. The zero-order valence-electron chi connectivity index (χ0n) is 22.1. The van der Waals surface area contributed by atoms with Crippen molar-refractivity contribution in [1.29, 1.82) is 0 Å². The van der Waals surface area contributed by atoms with E-state index >= 15 is 0 Å². The van der Waals surface area contributed by atoms with Crippen molar-refractivity contribution in [3.63, 3.8) is 0 Å². The Bertz CT molecular complexity index is 1190. The monoisotopic (exact) mass is 547 g/mol. The standard InChI is InChI=1S/C28H33F4N5O2/c1-27(9-10-27)25(39)36-11-7-19(8-12-36)24(38)37-16-20(23(17-37)18-3-5-22(29)6-4-18)15-35(2)26-33-13-21(14-34-26)28(30,31)32/h3-6,13-14,19-20,23H,7-12,15-17H2,1-2H3/t20-,23+/m1/s1. The summed E-state index contributed by atoms with van der Waals surface area (Å²) in [6.07, 6.45) is 0.122. The van der Waals surface area contributed by atoms with Gasteiger partial charge in [-0.25, -0.2) is 14.4 Å². The van der Waals surface area contributed by atoms with Gasteiger partial charge in [-0.3, -0.25) is 9.59 Å². The first-order valence-electron chi connectivity index (χ1n) is 13.4. The lowest BCUT2D eigenvalue weighted by molar-refractivity contribution is -0.142. The Morgan fingerprint density at radius 1 is 1.03 bits per heavy atom. The molecule has 2 aliphatic heterocycles. The summed E-state index contributed by atoms with van der Waals surface area (Å²) < 4.78 is 52.4. The van der Waals surface area contributed by atoms with Crippen LogP contribution >= 0.6 is 0 Å². The number of hydrogen-bond donors (Lipinski definition) is 0. The third kappa shape index (κ3) is 5.86. The zero-order valence-corrected chi connectivity index (χ0v) is 22.1. The van der Waals surface area contributed by atoms with Gasteiger partial charge in [0.25, 0.3) is 0 Å². The van der Waals surface area contributed by atoms with Crippen LogP contribution in [0.3, 0.4) is 0 Å². The van der Waals surface area contributed by atoms with Gasteiger partial charge < -0.3 is 14.7 Å². The van der Waals surface area contributed by atoms with Gasteiger partial charge in [0.15, 0.2) is 0 Å². The highest BCUT2D eigenvalue weighted by Gasteiger charge is 2.48. The van der Waals surface area contributed by atoms with Crippen LogP contribution in [0.4, 0.5) is 23.5 Å². The predicted molar refractivity (Wildman–Crippen MR) is 136 cm³/mol. The molecular weight excluding hydrogens is 514 g/mol. The number of rotatable bonds is 6. The van der Waals surface area contributed by atoms with Gasteiger partial charge in [-0.2, -0.15) is 13.2 Å². The molecule has 0 spiro atoms. The summed E-state index contributed by atoms with van der Waals surface area (Å²) in [5.41, 5.74) is -0.235. The van der Waals surface area contributed by atoms with E-state index in [1.54, 1.807) is 24.1 Å². The lowest BCUT2D eigenvalue weighted by Crippen LogP contribution is -2.46. The predicted octanol–water partition coefficient (Wildman–Crippen LogP) is 4.35. The van der Waals surface area contributed by atoms with Gasteiger partial charge in [0, 0.05) is 75.3 Å². The van der Waals surface area contributed by atoms with Crippen molar-refractivity contribution in [2.45, 2.75) is 44.7 Å². The molecule has 1 aliphatic carbocycles. The zero-order chi connectivity index (χ0) is 27.9. The van der Waals surface area contributed by atoms with E-state index in [1.165, 1.54) is 12.1 Å². The highest BCUT2D eigenvalue weighted by Crippen LogP contribution is 2.47. The quantitative estimate of drug-likeness (QED) is 0.503. The Morgan fingerprint density at radius 3 is 2.21 bits per heavy atom. The van der Waals surface area contributed by atoms with E-state index in [-0.39, 0.29) is 46.7 Å². The number of carbonyl (C=O) groups is 2. The molecule has 0 radical (unpaired) electrons. The summed E-state index contributed by atoms with van der Waals surface area (Å²) >= 11 is 0. The second-order valence-electron chi connectivity index (χ2n) is 11.4. The molecule has 210 valence electrons. The third-order valence-electron chi connectivity index (χ3n) is 8.51. The Labute approximate surface area is 225 Å². The molecular formula is C28H33F4N5O2. The molecule has 11 heteroatoms. The number of benzene rings is 1. The summed E-state index contributed by atoms with van der Waals surface area (Å²) in [5.74, 6) is -0.244. The number of halogens is 4. The number of hydrogen-bond acceptors (Lipinski definition) is 5. The minimum absolute atomic E-state index is 0.0581. The Morgan fingerprint density at radius 2 is 1.64 bits per heavy atom. The summed E-state index contributed by atoms with van der Waals surface area (Å²) in [6, 6.07) is 6.23. The van der Waals surface area contributed by atoms with E-state index in [0.717, 1.165) is 30.8 Å². The van der Waals surface area contributed by atoms with Crippen molar-refractivity contribution in [1.82, 2.24) is 19.8 Å². The topological polar surface area (TPSA) is 69.6 Å². The van der Waals surface area contributed by atoms with Gasteiger partial charge in [0.05, 0.1) is 5.56 Å².